The smallest absolute Gasteiger partial charge is 0.255 e. The molecule has 1 saturated carbocycles. The Balaban J connectivity index is 1.39. The van der Waals surface area contributed by atoms with Gasteiger partial charge in [-0.15, -0.1) is 0 Å². The second kappa shape index (κ2) is 6.92. The van der Waals surface area contributed by atoms with Crippen LogP contribution in [0, 0.1) is 5.92 Å². The number of rotatable bonds is 4. The van der Waals surface area contributed by atoms with Crippen LogP contribution in [-0.4, -0.2) is 52.2 Å². The number of hydrogen-bond donors (Lipinski definition) is 2. The Morgan fingerprint density at radius 1 is 1.21 bits per heavy atom. The van der Waals surface area contributed by atoms with E-state index in [0.29, 0.717) is 25.4 Å². The maximum Gasteiger partial charge on any atom is 0.255 e. The van der Waals surface area contributed by atoms with Gasteiger partial charge in [0.05, 0.1) is 0 Å². The van der Waals surface area contributed by atoms with Crippen LogP contribution in [0.4, 0.5) is 0 Å². The highest BCUT2D eigenvalue weighted by atomic mass is 16.2. The van der Waals surface area contributed by atoms with Gasteiger partial charge in [0, 0.05) is 37.2 Å². The zero-order valence-electron chi connectivity index (χ0n) is 16.7. The van der Waals surface area contributed by atoms with Crippen molar-refractivity contribution in [3.8, 4) is 0 Å². The van der Waals surface area contributed by atoms with Gasteiger partial charge in [-0.1, -0.05) is 18.2 Å². The Bertz CT molecular complexity index is 879. The number of hydrogen-bond acceptors (Lipinski definition) is 5. The van der Waals surface area contributed by atoms with Crippen molar-refractivity contribution < 1.29 is 14.4 Å². The third-order valence-electron chi connectivity index (χ3n) is 7.44. The summed E-state index contributed by atoms with van der Waals surface area (Å²) < 4.78 is 0. The van der Waals surface area contributed by atoms with Gasteiger partial charge in [-0.25, -0.2) is 0 Å². The third kappa shape index (κ3) is 2.99. The van der Waals surface area contributed by atoms with Crippen LogP contribution in [0.5, 0.6) is 0 Å². The van der Waals surface area contributed by atoms with Crippen LogP contribution >= 0.6 is 0 Å². The van der Waals surface area contributed by atoms with Crippen LogP contribution in [0.2, 0.25) is 0 Å². The number of fused-ring (bicyclic) bond motifs is 1. The average Bonchev–Trinajstić information content (AvgIpc) is 3.21. The summed E-state index contributed by atoms with van der Waals surface area (Å²) in [5, 5.41) is 2.37. The van der Waals surface area contributed by atoms with E-state index in [-0.39, 0.29) is 29.7 Å². The molecule has 2 atom stereocenters. The average molecular weight is 396 g/mol. The maximum absolute atomic E-state index is 13.3. The lowest BCUT2D eigenvalue weighted by molar-refractivity contribution is -0.136. The van der Waals surface area contributed by atoms with Crippen LogP contribution in [0.15, 0.2) is 18.2 Å². The van der Waals surface area contributed by atoms with Crippen LogP contribution < -0.4 is 11.1 Å². The number of likely N-dealkylation sites (tertiary alicyclic amines) is 1. The van der Waals surface area contributed by atoms with Crippen LogP contribution in [0.1, 0.15) is 60.0 Å². The quantitative estimate of drug-likeness (QED) is 0.745. The molecule has 3 aliphatic heterocycles. The van der Waals surface area contributed by atoms with E-state index >= 15 is 0 Å². The molecule has 3 heterocycles. The molecule has 1 aromatic rings. The zero-order chi connectivity index (χ0) is 20.2. The summed E-state index contributed by atoms with van der Waals surface area (Å²) in [6, 6.07) is 5.48. The van der Waals surface area contributed by atoms with Crippen molar-refractivity contribution in [2.24, 2.45) is 11.7 Å². The van der Waals surface area contributed by atoms with E-state index in [2.05, 4.69) is 10.2 Å². The minimum atomic E-state index is -0.563. The van der Waals surface area contributed by atoms with Crippen LogP contribution in [0.3, 0.4) is 0 Å². The van der Waals surface area contributed by atoms with E-state index in [4.69, 9.17) is 5.73 Å². The van der Waals surface area contributed by atoms with Crippen molar-refractivity contribution in [3.63, 3.8) is 0 Å². The Morgan fingerprint density at radius 2 is 2.03 bits per heavy atom. The molecule has 7 heteroatoms. The Kier molecular flexibility index (Phi) is 4.47. The number of imide groups is 1. The lowest BCUT2D eigenvalue weighted by atomic mass is 9.73. The first-order valence-corrected chi connectivity index (χ1v) is 10.7. The topological polar surface area (TPSA) is 95.7 Å². The molecule has 0 bridgehead atoms. The van der Waals surface area contributed by atoms with E-state index in [0.717, 1.165) is 36.2 Å². The highest BCUT2D eigenvalue weighted by molar-refractivity contribution is 6.06. The number of carbonyl (C=O) groups is 3. The third-order valence-corrected chi connectivity index (χ3v) is 7.44. The Hall–Kier alpha value is -2.25. The molecule has 0 radical (unpaired) electrons. The minimum absolute atomic E-state index is 0.0812. The van der Waals surface area contributed by atoms with Gasteiger partial charge in [-0.05, 0) is 55.7 Å². The van der Waals surface area contributed by atoms with Crippen molar-refractivity contribution >= 4 is 17.7 Å². The molecular weight excluding hydrogens is 368 g/mol. The second-order valence-corrected chi connectivity index (χ2v) is 9.12. The predicted molar refractivity (Wildman–Crippen MR) is 107 cm³/mol. The molecule has 5 rings (SSSR count). The molecule has 2 saturated heterocycles. The first-order chi connectivity index (χ1) is 14.0. The molecule has 1 aliphatic carbocycles. The molecule has 7 nitrogen and oxygen atoms in total. The van der Waals surface area contributed by atoms with E-state index in [1.54, 1.807) is 4.90 Å². The molecule has 1 aromatic carbocycles. The SMILES string of the molecule is NCC1CN(Cc2cccc3c2C(=O)N(C2CCC(=O)NC2=O)C3)C2(CCC2)C1. The summed E-state index contributed by atoms with van der Waals surface area (Å²) in [4.78, 5) is 41.3. The summed E-state index contributed by atoms with van der Waals surface area (Å²) in [5.41, 5.74) is 9.02. The molecule has 29 heavy (non-hydrogen) atoms. The monoisotopic (exact) mass is 396 g/mol. The first-order valence-electron chi connectivity index (χ1n) is 10.7. The molecule has 4 aliphatic rings. The van der Waals surface area contributed by atoms with Gasteiger partial charge in [0.1, 0.15) is 6.04 Å². The van der Waals surface area contributed by atoms with Crippen molar-refractivity contribution in [2.75, 3.05) is 13.1 Å². The summed E-state index contributed by atoms with van der Waals surface area (Å²) in [5.74, 6) is -0.168. The predicted octanol–water partition coefficient (Wildman–Crippen LogP) is 1.15. The molecule has 1 spiro atoms. The second-order valence-electron chi connectivity index (χ2n) is 9.12. The van der Waals surface area contributed by atoms with E-state index in [1.165, 1.54) is 19.3 Å². The zero-order valence-corrected chi connectivity index (χ0v) is 16.7. The van der Waals surface area contributed by atoms with E-state index in [1.807, 2.05) is 18.2 Å². The maximum atomic E-state index is 13.3. The number of nitrogens with zero attached hydrogens (tertiary/aromatic N) is 2. The Morgan fingerprint density at radius 3 is 2.72 bits per heavy atom. The van der Waals surface area contributed by atoms with Gasteiger partial charge < -0.3 is 10.6 Å². The van der Waals surface area contributed by atoms with Crippen molar-refractivity contribution in [1.82, 2.24) is 15.1 Å². The fourth-order valence-electron chi connectivity index (χ4n) is 5.76. The number of carbonyl (C=O) groups excluding carboxylic acids is 3. The Labute approximate surface area is 170 Å². The number of benzene rings is 1. The summed E-state index contributed by atoms with van der Waals surface area (Å²) in [6.45, 7) is 2.90. The molecule has 154 valence electrons. The highest BCUT2D eigenvalue weighted by Crippen LogP contribution is 2.48. The minimum Gasteiger partial charge on any atom is -0.330 e. The normalized spacial score (nSPS) is 28.6. The molecule has 0 aromatic heterocycles. The van der Waals surface area contributed by atoms with Gasteiger partial charge in [0.15, 0.2) is 0 Å². The first kappa shape index (κ1) is 18.8. The van der Waals surface area contributed by atoms with Gasteiger partial charge in [-0.2, -0.15) is 0 Å². The highest BCUT2D eigenvalue weighted by Gasteiger charge is 2.49. The molecule has 3 amide bonds. The van der Waals surface area contributed by atoms with E-state index < -0.39 is 6.04 Å². The van der Waals surface area contributed by atoms with Gasteiger partial charge in [0.2, 0.25) is 11.8 Å². The van der Waals surface area contributed by atoms with Crippen molar-refractivity contribution in [1.29, 1.82) is 0 Å². The van der Waals surface area contributed by atoms with E-state index in [9.17, 15) is 14.4 Å². The number of piperidine rings is 1. The fourth-order valence-corrected chi connectivity index (χ4v) is 5.76. The molecular formula is C22H28N4O3. The number of nitrogens with two attached hydrogens (primary N) is 1. The summed E-state index contributed by atoms with van der Waals surface area (Å²) in [7, 11) is 0. The molecule has 2 unspecified atom stereocenters. The van der Waals surface area contributed by atoms with Gasteiger partial charge in [-0.3, -0.25) is 24.6 Å². The van der Waals surface area contributed by atoms with Crippen LogP contribution in [-0.2, 0) is 22.7 Å². The number of amides is 3. The van der Waals surface area contributed by atoms with Crippen molar-refractivity contribution in [3.05, 3.63) is 34.9 Å². The fraction of sp³-hybridized carbons (Fsp3) is 0.591. The van der Waals surface area contributed by atoms with Crippen LogP contribution in [0.25, 0.3) is 0 Å². The summed E-state index contributed by atoms with van der Waals surface area (Å²) >= 11 is 0. The standard InChI is InChI=1S/C22H28N4O3/c23-10-14-9-22(7-2-8-22)25(11-14)12-15-3-1-4-16-13-26(21(29)19(15)16)17-5-6-18(27)24-20(17)28/h1,3-4,14,17H,2,5-13,23H2,(H,24,27,28). The molecule has 3 fully saturated rings. The molecule has 3 N–H and O–H groups in total. The van der Waals surface area contributed by atoms with Gasteiger partial charge >= 0.3 is 0 Å². The lowest BCUT2D eigenvalue weighted by Gasteiger charge is -2.46. The van der Waals surface area contributed by atoms with Crippen molar-refractivity contribution in [2.45, 2.75) is 63.2 Å². The van der Waals surface area contributed by atoms with Gasteiger partial charge in [0.25, 0.3) is 5.91 Å². The number of nitrogens with one attached hydrogen (secondary N) is 1. The largest absolute Gasteiger partial charge is 0.330 e. The lowest BCUT2D eigenvalue weighted by Crippen LogP contribution is -2.52. The summed E-state index contributed by atoms with van der Waals surface area (Å²) in [6.07, 6.45) is 5.54.